The number of nitrogens with one attached hydrogen (secondary N) is 2. The van der Waals surface area contributed by atoms with Crippen molar-refractivity contribution in [1.29, 1.82) is 0 Å². The maximum Gasteiger partial charge on any atom is 0.180 e. The van der Waals surface area contributed by atoms with Crippen molar-refractivity contribution in [3.05, 3.63) is 30.5 Å². The lowest BCUT2D eigenvalue weighted by molar-refractivity contribution is 0.0904. The molecule has 4 rings (SSSR count). The first kappa shape index (κ1) is 13.5. The molecule has 2 aliphatic heterocycles. The first-order valence-electron chi connectivity index (χ1n) is 7.65. The molecule has 0 radical (unpaired) electrons. The van der Waals surface area contributed by atoms with Crippen LogP contribution in [0.25, 0.3) is 11.2 Å². The molecule has 0 unspecified atom stereocenters. The number of rotatable bonds is 3. The summed E-state index contributed by atoms with van der Waals surface area (Å²) in [5.74, 6) is 0.848. The average Bonchev–Trinajstić information content (AvgIpc) is 3.15. The third-order valence-electron chi connectivity index (χ3n) is 4.19. The van der Waals surface area contributed by atoms with Gasteiger partial charge in [0.2, 0.25) is 0 Å². The van der Waals surface area contributed by atoms with Crippen molar-refractivity contribution < 1.29 is 4.74 Å². The summed E-state index contributed by atoms with van der Waals surface area (Å²) in [5.41, 5.74) is 6.45. The Balaban J connectivity index is 1.66. The number of imidazole rings is 1. The van der Waals surface area contributed by atoms with Crippen LogP contribution in [0.15, 0.2) is 24.8 Å². The Morgan fingerprint density at radius 1 is 1.32 bits per heavy atom. The van der Waals surface area contributed by atoms with Gasteiger partial charge in [0.05, 0.1) is 11.9 Å². The molecule has 116 valence electrons. The second-order valence-corrected chi connectivity index (χ2v) is 5.74. The monoisotopic (exact) mass is 300 g/mol. The second-order valence-electron chi connectivity index (χ2n) is 5.74. The third kappa shape index (κ3) is 2.42. The van der Waals surface area contributed by atoms with Crippen molar-refractivity contribution in [2.24, 2.45) is 0 Å². The summed E-state index contributed by atoms with van der Waals surface area (Å²) in [7, 11) is 2.00. The van der Waals surface area contributed by atoms with Crippen LogP contribution in [0.5, 0.6) is 0 Å². The molecular weight excluding hydrogens is 280 g/mol. The average molecular weight is 300 g/mol. The van der Waals surface area contributed by atoms with Gasteiger partial charge in [-0.3, -0.25) is 4.40 Å². The molecule has 0 atom stereocenters. The van der Waals surface area contributed by atoms with Gasteiger partial charge in [0, 0.05) is 57.0 Å². The fourth-order valence-electron chi connectivity index (χ4n) is 2.99. The topological polar surface area (TPSA) is 66.7 Å². The van der Waals surface area contributed by atoms with Crippen LogP contribution in [0, 0.1) is 0 Å². The van der Waals surface area contributed by atoms with Crippen molar-refractivity contribution in [2.75, 3.05) is 32.1 Å². The lowest BCUT2D eigenvalue weighted by Gasteiger charge is -2.23. The molecule has 7 heteroatoms. The predicted octanol–water partition coefficient (Wildman–Crippen LogP) is 1.11. The molecule has 1 saturated heterocycles. The lowest BCUT2D eigenvalue weighted by atomic mass is 10.1. The molecule has 4 heterocycles. The molecule has 2 N–H and O–H groups in total. The normalized spacial score (nSPS) is 19.7. The van der Waals surface area contributed by atoms with Gasteiger partial charge in [-0.15, -0.1) is 0 Å². The van der Waals surface area contributed by atoms with Crippen LogP contribution in [0.3, 0.4) is 0 Å². The Hall–Kier alpha value is -2.12. The van der Waals surface area contributed by atoms with E-state index in [0.29, 0.717) is 6.04 Å². The number of hydrogen-bond donors (Lipinski definition) is 2. The highest BCUT2D eigenvalue weighted by Crippen LogP contribution is 2.23. The third-order valence-corrected chi connectivity index (χ3v) is 4.19. The number of ether oxygens (including phenoxy) is 1. The van der Waals surface area contributed by atoms with Gasteiger partial charge < -0.3 is 15.1 Å². The zero-order valence-electron chi connectivity index (χ0n) is 12.6. The second kappa shape index (κ2) is 5.58. The molecule has 2 aromatic rings. The van der Waals surface area contributed by atoms with Crippen LogP contribution in [-0.4, -0.2) is 52.2 Å². The Morgan fingerprint density at radius 2 is 2.18 bits per heavy atom. The van der Waals surface area contributed by atoms with E-state index in [0.717, 1.165) is 49.8 Å². The molecule has 1 fully saturated rings. The van der Waals surface area contributed by atoms with E-state index in [9.17, 15) is 0 Å². The van der Waals surface area contributed by atoms with Crippen LogP contribution in [-0.2, 0) is 4.74 Å². The SMILES string of the molecule is CN1C=C(c2cnc3c(NC4CCOCC4)nccn23)CN1. The van der Waals surface area contributed by atoms with Gasteiger partial charge in [-0.25, -0.2) is 15.4 Å². The van der Waals surface area contributed by atoms with Crippen LogP contribution in [0.4, 0.5) is 5.82 Å². The zero-order chi connectivity index (χ0) is 14.9. The van der Waals surface area contributed by atoms with E-state index in [1.54, 1.807) is 0 Å². The Morgan fingerprint density at radius 3 is 2.95 bits per heavy atom. The summed E-state index contributed by atoms with van der Waals surface area (Å²) >= 11 is 0. The standard InChI is InChI=1S/C15H20N6O/c1-20-10-11(8-18-20)13-9-17-15-14(16-4-5-21(13)15)19-12-2-6-22-7-3-12/h4-5,9-10,12,18H,2-3,6-8H2,1H3,(H,16,19). The number of anilines is 1. The summed E-state index contributed by atoms with van der Waals surface area (Å²) in [6.07, 6.45) is 9.82. The summed E-state index contributed by atoms with van der Waals surface area (Å²) < 4.78 is 7.50. The first-order chi connectivity index (χ1) is 10.8. The Bertz CT molecular complexity index is 703. The Kier molecular flexibility index (Phi) is 3.44. The summed E-state index contributed by atoms with van der Waals surface area (Å²) in [6.45, 7) is 2.44. The van der Waals surface area contributed by atoms with E-state index in [-0.39, 0.29) is 0 Å². The molecule has 0 aromatic carbocycles. The van der Waals surface area contributed by atoms with E-state index in [1.165, 1.54) is 5.57 Å². The van der Waals surface area contributed by atoms with E-state index in [1.807, 2.05) is 30.6 Å². The minimum absolute atomic E-state index is 0.408. The molecule has 2 aromatic heterocycles. The van der Waals surface area contributed by atoms with Gasteiger partial charge in [0.15, 0.2) is 11.5 Å². The number of aromatic nitrogens is 3. The summed E-state index contributed by atoms with van der Waals surface area (Å²) in [5, 5.41) is 5.49. The van der Waals surface area contributed by atoms with Crippen molar-refractivity contribution in [1.82, 2.24) is 24.8 Å². The molecular formula is C15H20N6O. The van der Waals surface area contributed by atoms with E-state index < -0.39 is 0 Å². The van der Waals surface area contributed by atoms with Gasteiger partial charge in [-0.05, 0) is 12.8 Å². The van der Waals surface area contributed by atoms with Gasteiger partial charge >= 0.3 is 0 Å². The maximum absolute atomic E-state index is 5.41. The predicted molar refractivity (Wildman–Crippen MR) is 84.2 cm³/mol. The maximum atomic E-state index is 5.41. The number of hydrogen-bond acceptors (Lipinski definition) is 6. The minimum Gasteiger partial charge on any atom is -0.381 e. The van der Waals surface area contributed by atoms with Crippen LogP contribution in [0.1, 0.15) is 18.5 Å². The molecule has 7 nitrogen and oxygen atoms in total. The molecule has 0 bridgehead atoms. The molecule has 22 heavy (non-hydrogen) atoms. The quantitative estimate of drug-likeness (QED) is 0.885. The van der Waals surface area contributed by atoms with Gasteiger partial charge in [-0.1, -0.05) is 0 Å². The van der Waals surface area contributed by atoms with Crippen LogP contribution in [0.2, 0.25) is 0 Å². The molecule has 0 aliphatic carbocycles. The van der Waals surface area contributed by atoms with Gasteiger partial charge in [0.1, 0.15) is 0 Å². The van der Waals surface area contributed by atoms with E-state index in [4.69, 9.17) is 4.74 Å². The van der Waals surface area contributed by atoms with Gasteiger partial charge in [0.25, 0.3) is 0 Å². The fourth-order valence-corrected chi connectivity index (χ4v) is 2.99. The Labute approximate surface area is 129 Å². The van der Waals surface area contributed by atoms with Crippen molar-refractivity contribution in [2.45, 2.75) is 18.9 Å². The van der Waals surface area contributed by atoms with Crippen LogP contribution < -0.4 is 10.7 Å². The molecule has 2 aliphatic rings. The van der Waals surface area contributed by atoms with Gasteiger partial charge in [-0.2, -0.15) is 0 Å². The smallest absolute Gasteiger partial charge is 0.180 e. The fraction of sp³-hybridized carbons (Fsp3) is 0.467. The van der Waals surface area contributed by atoms with Crippen molar-refractivity contribution >= 4 is 17.0 Å². The molecule has 0 spiro atoms. The largest absolute Gasteiger partial charge is 0.381 e. The van der Waals surface area contributed by atoms with Crippen molar-refractivity contribution in [3.63, 3.8) is 0 Å². The summed E-state index contributed by atoms with van der Waals surface area (Å²) in [4.78, 5) is 9.05. The number of fused-ring (bicyclic) bond motifs is 1. The number of nitrogens with zero attached hydrogens (tertiary/aromatic N) is 4. The van der Waals surface area contributed by atoms with E-state index in [2.05, 4.69) is 31.3 Å². The first-order valence-corrected chi connectivity index (χ1v) is 7.65. The number of hydrazine groups is 1. The molecule has 0 saturated carbocycles. The highest BCUT2D eigenvalue weighted by Gasteiger charge is 2.19. The lowest BCUT2D eigenvalue weighted by Crippen LogP contribution is -2.28. The minimum atomic E-state index is 0.408. The van der Waals surface area contributed by atoms with Crippen molar-refractivity contribution in [3.8, 4) is 0 Å². The highest BCUT2D eigenvalue weighted by molar-refractivity contribution is 5.72. The summed E-state index contributed by atoms with van der Waals surface area (Å²) in [6, 6.07) is 0.408. The molecule has 0 amide bonds. The zero-order valence-corrected chi connectivity index (χ0v) is 12.6. The van der Waals surface area contributed by atoms with Crippen LogP contribution >= 0.6 is 0 Å². The highest BCUT2D eigenvalue weighted by atomic mass is 16.5. The van der Waals surface area contributed by atoms with E-state index >= 15 is 0 Å².